The molecule has 0 saturated carbocycles. The van der Waals surface area contributed by atoms with Crippen molar-refractivity contribution in [1.29, 1.82) is 0 Å². The molecule has 0 amide bonds. The van der Waals surface area contributed by atoms with E-state index in [0.717, 1.165) is 12.8 Å². The van der Waals surface area contributed by atoms with Crippen molar-refractivity contribution in [3.63, 3.8) is 0 Å². The highest BCUT2D eigenvalue weighted by atomic mass is 32.2. The molecule has 0 aliphatic carbocycles. The molecule has 1 aromatic heterocycles. The van der Waals surface area contributed by atoms with Crippen LogP contribution < -0.4 is 0 Å². The summed E-state index contributed by atoms with van der Waals surface area (Å²) in [6.07, 6.45) is 7.12. The van der Waals surface area contributed by atoms with Gasteiger partial charge in [-0.2, -0.15) is 4.31 Å². The van der Waals surface area contributed by atoms with Crippen LogP contribution in [-0.2, 0) is 21.3 Å². The van der Waals surface area contributed by atoms with Crippen molar-refractivity contribution >= 4 is 10.0 Å². The van der Waals surface area contributed by atoms with E-state index < -0.39 is 10.0 Å². The third-order valence-corrected chi connectivity index (χ3v) is 5.08. The van der Waals surface area contributed by atoms with E-state index in [2.05, 4.69) is 4.98 Å². The molecule has 1 atom stereocenters. The lowest BCUT2D eigenvalue weighted by molar-refractivity contribution is 0.215. The van der Waals surface area contributed by atoms with Gasteiger partial charge in [0.15, 0.2) is 0 Å². The van der Waals surface area contributed by atoms with Gasteiger partial charge in [-0.05, 0) is 12.8 Å². The zero-order valence-corrected chi connectivity index (χ0v) is 11.3. The molecule has 18 heavy (non-hydrogen) atoms. The van der Waals surface area contributed by atoms with Gasteiger partial charge in [0, 0.05) is 38.6 Å². The Morgan fingerprint density at radius 2 is 2.33 bits per heavy atom. The number of nitrogens with zero attached hydrogens (tertiary/aromatic N) is 3. The van der Waals surface area contributed by atoms with E-state index in [0.29, 0.717) is 13.1 Å². The van der Waals surface area contributed by atoms with Gasteiger partial charge >= 0.3 is 0 Å². The highest BCUT2D eigenvalue weighted by Crippen LogP contribution is 2.22. The zero-order valence-electron chi connectivity index (χ0n) is 10.5. The standard InChI is InChI=1S/C11H19N3O3S/c1-17-7-8-18(15,16)14-5-2-3-11(14)9-13-6-4-12-10-13/h4,6,10-11H,2-3,5,7-9H2,1H3/t11-/m0/s1. The minimum atomic E-state index is -3.20. The average Bonchev–Trinajstić information content (AvgIpc) is 2.98. The van der Waals surface area contributed by atoms with Gasteiger partial charge in [0.25, 0.3) is 0 Å². The van der Waals surface area contributed by atoms with Gasteiger partial charge in [0.05, 0.1) is 18.7 Å². The summed E-state index contributed by atoms with van der Waals surface area (Å²) in [4.78, 5) is 3.98. The third-order valence-electron chi connectivity index (χ3n) is 3.21. The number of rotatable bonds is 6. The number of hydrogen-bond acceptors (Lipinski definition) is 4. The van der Waals surface area contributed by atoms with Crippen molar-refractivity contribution in [3.8, 4) is 0 Å². The summed E-state index contributed by atoms with van der Waals surface area (Å²) in [5, 5.41) is 0. The number of aromatic nitrogens is 2. The smallest absolute Gasteiger partial charge is 0.216 e. The van der Waals surface area contributed by atoms with Crippen LogP contribution in [-0.4, -0.2) is 54.3 Å². The Kier molecular flexibility index (Phi) is 4.36. The molecule has 2 rings (SSSR count). The van der Waals surface area contributed by atoms with Crippen molar-refractivity contribution < 1.29 is 13.2 Å². The maximum atomic E-state index is 12.2. The minimum Gasteiger partial charge on any atom is -0.384 e. The molecule has 7 heteroatoms. The van der Waals surface area contributed by atoms with Crippen LogP contribution in [0.2, 0.25) is 0 Å². The van der Waals surface area contributed by atoms with Crippen molar-refractivity contribution in [2.24, 2.45) is 0 Å². The molecule has 0 aromatic carbocycles. The molecule has 1 aliphatic heterocycles. The van der Waals surface area contributed by atoms with Gasteiger partial charge in [0.2, 0.25) is 10.0 Å². The predicted molar refractivity (Wildman–Crippen MR) is 67.6 cm³/mol. The molecule has 1 aromatic rings. The van der Waals surface area contributed by atoms with Crippen molar-refractivity contribution in [3.05, 3.63) is 18.7 Å². The van der Waals surface area contributed by atoms with E-state index in [1.165, 1.54) is 7.11 Å². The maximum absolute atomic E-state index is 12.2. The topological polar surface area (TPSA) is 64.4 Å². The molecule has 6 nitrogen and oxygen atoms in total. The molecule has 0 spiro atoms. The fourth-order valence-electron chi connectivity index (χ4n) is 2.30. The van der Waals surface area contributed by atoms with Gasteiger partial charge in [-0.25, -0.2) is 13.4 Å². The van der Waals surface area contributed by atoms with Crippen LogP contribution in [0.3, 0.4) is 0 Å². The summed E-state index contributed by atoms with van der Waals surface area (Å²) in [6.45, 7) is 1.54. The van der Waals surface area contributed by atoms with Gasteiger partial charge in [-0.1, -0.05) is 0 Å². The van der Waals surface area contributed by atoms with Gasteiger partial charge in [-0.3, -0.25) is 0 Å². The Morgan fingerprint density at radius 1 is 1.50 bits per heavy atom. The van der Waals surface area contributed by atoms with Crippen LogP contribution in [0.5, 0.6) is 0 Å². The van der Waals surface area contributed by atoms with Gasteiger partial charge in [0.1, 0.15) is 0 Å². The van der Waals surface area contributed by atoms with Crippen molar-refractivity contribution in [2.45, 2.75) is 25.4 Å². The van der Waals surface area contributed by atoms with E-state index in [1.54, 1.807) is 16.8 Å². The van der Waals surface area contributed by atoms with Gasteiger partial charge in [-0.15, -0.1) is 0 Å². The summed E-state index contributed by atoms with van der Waals surface area (Å²) < 4.78 is 32.7. The summed E-state index contributed by atoms with van der Waals surface area (Å²) in [7, 11) is -1.68. The third kappa shape index (κ3) is 3.09. The van der Waals surface area contributed by atoms with Crippen LogP contribution in [0, 0.1) is 0 Å². The summed E-state index contributed by atoms with van der Waals surface area (Å²) in [5.74, 6) is 0.0595. The predicted octanol–water partition coefficient (Wildman–Crippen LogP) is 0.324. The molecule has 1 saturated heterocycles. The second kappa shape index (κ2) is 5.81. The first-order valence-corrected chi connectivity index (χ1v) is 7.68. The van der Waals surface area contributed by atoms with Crippen molar-refractivity contribution in [2.75, 3.05) is 26.0 Å². The van der Waals surface area contributed by atoms with Crippen LogP contribution in [0.4, 0.5) is 0 Å². The lowest BCUT2D eigenvalue weighted by Crippen LogP contribution is -2.40. The molecule has 0 unspecified atom stereocenters. The molecule has 0 N–H and O–H groups in total. The Hall–Kier alpha value is -0.920. The summed E-state index contributed by atoms with van der Waals surface area (Å²) >= 11 is 0. The monoisotopic (exact) mass is 273 g/mol. The largest absolute Gasteiger partial charge is 0.384 e. The van der Waals surface area contributed by atoms with E-state index in [1.807, 2.05) is 10.8 Å². The molecule has 1 aliphatic rings. The molecule has 102 valence electrons. The molecule has 0 radical (unpaired) electrons. The highest BCUT2D eigenvalue weighted by Gasteiger charge is 2.33. The minimum absolute atomic E-state index is 0.0426. The molecule has 2 heterocycles. The number of ether oxygens (including phenoxy) is 1. The van der Waals surface area contributed by atoms with Crippen LogP contribution in [0.15, 0.2) is 18.7 Å². The molecule has 1 fully saturated rings. The number of imidazole rings is 1. The van der Waals surface area contributed by atoms with E-state index in [-0.39, 0.29) is 18.4 Å². The molecular weight excluding hydrogens is 254 g/mol. The molecular formula is C11H19N3O3S. The number of hydrogen-bond donors (Lipinski definition) is 0. The van der Waals surface area contributed by atoms with E-state index in [9.17, 15) is 8.42 Å². The lowest BCUT2D eigenvalue weighted by atomic mass is 10.2. The fourth-order valence-corrected chi connectivity index (χ4v) is 3.95. The van der Waals surface area contributed by atoms with Gasteiger partial charge < -0.3 is 9.30 Å². The summed E-state index contributed by atoms with van der Waals surface area (Å²) in [6, 6.07) is 0.0426. The first-order chi connectivity index (χ1) is 8.63. The average molecular weight is 273 g/mol. The first-order valence-electron chi connectivity index (χ1n) is 6.07. The second-order valence-corrected chi connectivity index (χ2v) is 6.52. The Labute approximate surface area is 108 Å². The zero-order chi connectivity index (χ0) is 13.0. The SMILES string of the molecule is COCCS(=O)(=O)N1CCC[C@H]1Cn1ccnc1. The van der Waals surface area contributed by atoms with Crippen LogP contribution >= 0.6 is 0 Å². The second-order valence-electron chi connectivity index (χ2n) is 4.48. The number of sulfonamides is 1. The summed E-state index contributed by atoms with van der Waals surface area (Å²) in [5.41, 5.74) is 0. The normalized spacial score (nSPS) is 21.5. The molecule has 0 bridgehead atoms. The first kappa shape index (κ1) is 13.5. The maximum Gasteiger partial charge on any atom is 0.216 e. The van der Waals surface area contributed by atoms with E-state index >= 15 is 0 Å². The highest BCUT2D eigenvalue weighted by molar-refractivity contribution is 7.89. The van der Waals surface area contributed by atoms with Crippen molar-refractivity contribution in [1.82, 2.24) is 13.9 Å². The van der Waals surface area contributed by atoms with Crippen LogP contribution in [0.25, 0.3) is 0 Å². The quantitative estimate of drug-likeness (QED) is 0.749. The number of methoxy groups -OCH3 is 1. The Bertz CT molecular complexity index is 458. The Morgan fingerprint density at radius 3 is 3.00 bits per heavy atom. The van der Waals surface area contributed by atoms with E-state index in [4.69, 9.17) is 4.74 Å². The fraction of sp³-hybridized carbons (Fsp3) is 0.727. The van der Waals surface area contributed by atoms with Crippen LogP contribution in [0.1, 0.15) is 12.8 Å². The Balaban J connectivity index is 2.03. The lowest BCUT2D eigenvalue weighted by Gasteiger charge is -2.24.